The van der Waals surface area contributed by atoms with Crippen LogP contribution < -0.4 is 16.0 Å². The van der Waals surface area contributed by atoms with E-state index in [1.165, 1.54) is 17.7 Å². The van der Waals surface area contributed by atoms with Crippen molar-refractivity contribution in [3.63, 3.8) is 0 Å². The lowest BCUT2D eigenvalue weighted by molar-refractivity contribution is -0.130. The Kier molecular flexibility index (Phi) is 6.83. The number of nitrogens with one attached hydrogen (secondary N) is 1. The maximum atomic E-state index is 12.2. The molecule has 0 aromatic carbocycles. The van der Waals surface area contributed by atoms with Gasteiger partial charge in [0, 0.05) is 27.1 Å². The van der Waals surface area contributed by atoms with Crippen molar-refractivity contribution in [1.82, 2.24) is 19.2 Å². The SMILES string of the molecule is Cc1cc(Nc2nc(N3CCC[C@@H](CC(=O)N(C)C)[C@H]3CO)cnc2C(N)=O)sn1. The molecule has 30 heavy (non-hydrogen) atoms. The Morgan fingerprint density at radius 1 is 1.43 bits per heavy atom. The molecule has 1 saturated heterocycles. The van der Waals surface area contributed by atoms with E-state index < -0.39 is 5.91 Å². The van der Waals surface area contributed by atoms with Crippen molar-refractivity contribution in [3.8, 4) is 0 Å². The van der Waals surface area contributed by atoms with Crippen molar-refractivity contribution >= 4 is 40.0 Å². The number of carbonyl (C=O) groups excluding carboxylic acids is 2. The second-order valence-electron chi connectivity index (χ2n) is 7.59. The topological polar surface area (TPSA) is 138 Å². The van der Waals surface area contributed by atoms with E-state index in [1.807, 2.05) is 17.9 Å². The lowest BCUT2D eigenvalue weighted by Gasteiger charge is -2.41. The highest BCUT2D eigenvalue weighted by molar-refractivity contribution is 7.10. The molecule has 0 saturated carbocycles. The van der Waals surface area contributed by atoms with Crippen molar-refractivity contribution < 1.29 is 14.7 Å². The zero-order chi connectivity index (χ0) is 21.8. The van der Waals surface area contributed by atoms with Crippen molar-refractivity contribution in [3.05, 3.63) is 23.7 Å². The first-order valence-corrected chi connectivity index (χ1v) is 10.5. The van der Waals surface area contributed by atoms with Crippen LogP contribution in [0.5, 0.6) is 0 Å². The molecule has 1 aliphatic rings. The fourth-order valence-electron chi connectivity index (χ4n) is 3.64. The molecule has 0 spiro atoms. The van der Waals surface area contributed by atoms with E-state index in [0.29, 0.717) is 23.8 Å². The molecule has 2 aromatic rings. The molecule has 0 bridgehead atoms. The summed E-state index contributed by atoms with van der Waals surface area (Å²) in [6, 6.07) is 1.57. The lowest BCUT2D eigenvalue weighted by atomic mass is 9.86. The molecule has 2 aromatic heterocycles. The number of aliphatic hydroxyl groups excluding tert-OH is 1. The van der Waals surface area contributed by atoms with Gasteiger partial charge in [0.2, 0.25) is 5.91 Å². The maximum absolute atomic E-state index is 12.2. The molecule has 0 radical (unpaired) electrons. The van der Waals surface area contributed by atoms with Gasteiger partial charge in [-0.05, 0) is 43.3 Å². The summed E-state index contributed by atoms with van der Waals surface area (Å²) in [5.41, 5.74) is 6.35. The first-order chi connectivity index (χ1) is 14.3. The minimum Gasteiger partial charge on any atom is -0.394 e. The van der Waals surface area contributed by atoms with Gasteiger partial charge in [0.05, 0.1) is 24.5 Å². The molecule has 0 aliphatic carbocycles. The monoisotopic (exact) mass is 433 g/mol. The molecule has 2 amide bonds. The fourth-order valence-corrected chi connectivity index (χ4v) is 4.30. The molecular formula is C19H27N7O3S. The van der Waals surface area contributed by atoms with Crippen molar-refractivity contribution in [1.29, 1.82) is 0 Å². The number of aryl methyl sites for hydroxylation is 1. The smallest absolute Gasteiger partial charge is 0.271 e. The molecule has 0 unspecified atom stereocenters. The number of rotatable bonds is 7. The van der Waals surface area contributed by atoms with Gasteiger partial charge in [-0.15, -0.1) is 0 Å². The van der Waals surface area contributed by atoms with Crippen LogP contribution in [0.1, 0.15) is 35.4 Å². The van der Waals surface area contributed by atoms with E-state index in [0.717, 1.165) is 18.5 Å². The van der Waals surface area contributed by atoms with E-state index in [4.69, 9.17) is 5.73 Å². The van der Waals surface area contributed by atoms with Crippen LogP contribution in [-0.2, 0) is 4.79 Å². The molecule has 3 heterocycles. The van der Waals surface area contributed by atoms with Crippen molar-refractivity contribution in [2.24, 2.45) is 11.7 Å². The number of carbonyl (C=O) groups is 2. The zero-order valence-corrected chi connectivity index (χ0v) is 18.1. The Bertz CT molecular complexity index is 917. The Labute approximate surface area is 179 Å². The third-order valence-corrected chi connectivity index (χ3v) is 5.99. The highest BCUT2D eigenvalue weighted by atomic mass is 32.1. The summed E-state index contributed by atoms with van der Waals surface area (Å²) in [5.74, 6) is 0.0939. The number of amides is 2. The van der Waals surface area contributed by atoms with Gasteiger partial charge in [0.15, 0.2) is 11.5 Å². The Morgan fingerprint density at radius 2 is 2.20 bits per heavy atom. The van der Waals surface area contributed by atoms with Gasteiger partial charge in [-0.2, -0.15) is 4.37 Å². The number of piperidine rings is 1. The summed E-state index contributed by atoms with van der Waals surface area (Å²) in [5, 5.41) is 13.9. The minimum absolute atomic E-state index is 0.00294. The van der Waals surface area contributed by atoms with Crippen LogP contribution in [0.4, 0.5) is 16.6 Å². The van der Waals surface area contributed by atoms with Crippen LogP contribution in [-0.4, -0.2) is 69.5 Å². The molecule has 10 nitrogen and oxygen atoms in total. The third-order valence-electron chi connectivity index (χ3n) is 5.20. The van der Waals surface area contributed by atoms with Crippen LogP contribution in [0, 0.1) is 12.8 Å². The van der Waals surface area contributed by atoms with Gasteiger partial charge in [-0.25, -0.2) is 9.97 Å². The van der Waals surface area contributed by atoms with E-state index in [-0.39, 0.29) is 36.0 Å². The second kappa shape index (κ2) is 9.35. The van der Waals surface area contributed by atoms with Gasteiger partial charge in [0.25, 0.3) is 5.91 Å². The number of nitrogens with zero attached hydrogens (tertiary/aromatic N) is 5. The molecular weight excluding hydrogens is 406 g/mol. The molecule has 11 heteroatoms. The highest BCUT2D eigenvalue weighted by Crippen LogP contribution is 2.31. The van der Waals surface area contributed by atoms with E-state index >= 15 is 0 Å². The number of nitrogens with two attached hydrogens (primary N) is 1. The van der Waals surface area contributed by atoms with Gasteiger partial charge in [-0.3, -0.25) is 9.59 Å². The summed E-state index contributed by atoms with van der Waals surface area (Å²) in [6.07, 6.45) is 3.55. The van der Waals surface area contributed by atoms with Crippen LogP contribution in [0.15, 0.2) is 12.3 Å². The average Bonchev–Trinajstić information content (AvgIpc) is 3.12. The lowest BCUT2D eigenvalue weighted by Crippen LogP contribution is -2.49. The zero-order valence-electron chi connectivity index (χ0n) is 17.3. The van der Waals surface area contributed by atoms with Crippen LogP contribution >= 0.6 is 11.5 Å². The normalized spacial score (nSPS) is 18.9. The number of aromatic nitrogens is 3. The van der Waals surface area contributed by atoms with Gasteiger partial charge >= 0.3 is 0 Å². The Morgan fingerprint density at radius 3 is 2.80 bits per heavy atom. The molecule has 3 rings (SSSR count). The Balaban J connectivity index is 1.90. The summed E-state index contributed by atoms with van der Waals surface area (Å²) in [7, 11) is 3.45. The van der Waals surface area contributed by atoms with Crippen LogP contribution in [0.3, 0.4) is 0 Å². The number of aliphatic hydroxyl groups is 1. The van der Waals surface area contributed by atoms with Gasteiger partial charge in [-0.1, -0.05) is 0 Å². The van der Waals surface area contributed by atoms with Crippen molar-refractivity contribution in [2.45, 2.75) is 32.2 Å². The third kappa shape index (κ3) is 4.85. The number of anilines is 3. The number of hydrogen-bond donors (Lipinski definition) is 3. The molecule has 162 valence electrons. The molecule has 1 fully saturated rings. The Hall–Kier alpha value is -2.79. The van der Waals surface area contributed by atoms with Gasteiger partial charge < -0.3 is 26.0 Å². The van der Waals surface area contributed by atoms with Gasteiger partial charge in [0.1, 0.15) is 10.8 Å². The van der Waals surface area contributed by atoms with E-state index in [2.05, 4.69) is 19.7 Å². The van der Waals surface area contributed by atoms with Crippen LogP contribution in [0.25, 0.3) is 0 Å². The molecule has 4 N–H and O–H groups in total. The predicted molar refractivity (Wildman–Crippen MR) is 115 cm³/mol. The number of hydrogen-bond acceptors (Lipinski definition) is 9. The quantitative estimate of drug-likeness (QED) is 0.591. The molecule has 2 atom stereocenters. The molecule has 1 aliphatic heterocycles. The van der Waals surface area contributed by atoms with Crippen LogP contribution in [0.2, 0.25) is 0 Å². The fraction of sp³-hybridized carbons (Fsp3) is 0.526. The predicted octanol–water partition coefficient (Wildman–Crippen LogP) is 1.14. The summed E-state index contributed by atoms with van der Waals surface area (Å²) < 4.78 is 4.21. The largest absolute Gasteiger partial charge is 0.394 e. The summed E-state index contributed by atoms with van der Waals surface area (Å²) in [6.45, 7) is 2.43. The maximum Gasteiger partial charge on any atom is 0.271 e. The summed E-state index contributed by atoms with van der Waals surface area (Å²) in [4.78, 5) is 36.4. The first kappa shape index (κ1) is 21.9. The second-order valence-corrected chi connectivity index (χ2v) is 8.39. The first-order valence-electron chi connectivity index (χ1n) is 9.75. The average molecular weight is 434 g/mol. The highest BCUT2D eigenvalue weighted by Gasteiger charge is 2.34. The van der Waals surface area contributed by atoms with Crippen molar-refractivity contribution in [2.75, 3.05) is 37.5 Å². The van der Waals surface area contributed by atoms with E-state index in [1.54, 1.807) is 19.0 Å². The number of primary amides is 1. The standard InChI is InChI=1S/C19H27N7O3S/c1-11-7-15(30-24-11)23-19-17(18(20)29)21-9-14(22-19)26-6-4-5-12(13(26)10-27)8-16(28)25(2)3/h7,9,12-13,27H,4-6,8,10H2,1-3H3,(H2,20,29)(H,22,23)/t12-,13+/m0/s1. The summed E-state index contributed by atoms with van der Waals surface area (Å²) >= 11 is 1.24. The minimum atomic E-state index is -0.690. The van der Waals surface area contributed by atoms with E-state index in [9.17, 15) is 14.7 Å².